The van der Waals surface area contributed by atoms with Crippen molar-refractivity contribution in [3.8, 4) is 0 Å². The van der Waals surface area contributed by atoms with Crippen LogP contribution in [0.4, 0.5) is 4.79 Å². The molecule has 0 spiro atoms. The highest BCUT2D eigenvalue weighted by Gasteiger charge is 2.42. The summed E-state index contributed by atoms with van der Waals surface area (Å²) in [6, 6.07) is 0. The van der Waals surface area contributed by atoms with Crippen molar-refractivity contribution in [1.29, 1.82) is 0 Å². The van der Waals surface area contributed by atoms with Crippen LogP contribution in [-0.2, 0) is 13.3 Å². The van der Waals surface area contributed by atoms with E-state index in [4.69, 9.17) is 18.4 Å². The monoisotopic (exact) mass is 251 g/mol. The quantitative estimate of drug-likeness (QED) is 0.656. The molecule has 0 aliphatic carbocycles. The lowest BCUT2D eigenvalue weighted by atomic mass is 10.9. The van der Waals surface area contributed by atoms with Gasteiger partial charge < -0.3 is 23.3 Å². The van der Waals surface area contributed by atoms with E-state index in [1.807, 2.05) is 20.8 Å². The Kier molecular flexibility index (Phi) is 7.31. The molecule has 0 saturated carbocycles. The maximum atomic E-state index is 10.8. The summed E-state index contributed by atoms with van der Waals surface area (Å²) < 4.78 is 16.6. The van der Waals surface area contributed by atoms with Crippen molar-refractivity contribution in [1.82, 2.24) is 4.90 Å². The summed E-state index contributed by atoms with van der Waals surface area (Å²) >= 11 is 0. The lowest BCUT2D eigenvalue weighted by Gasteiger charge is -2.30. The summed E-state index contributed by atoms with van der Waals surface area (Å²) in [6.07, 6.45) is -0.867. The Bertz CT molecular complexity index is 197. The molecule has 1 amide bonds. The Hall–Kier alpha value is -0.633. The van der Waals surface area contributed by atoms with Crippen LogP contribution in [0.5, 0.6) is 0 Å². The van der Waals surface area contributed by atoms with Gasteiger partial charge in [-0.3, -0.25) is 0 Å². The van der Waals surface area contributed by atoms with Crippen molar-refractivity contribution >= 4 is 14.9 Å². The first-order chi connectivity index (χ1) is 7.51. The Balaban J connectivity index is 4.64. The number of hydrogen-bond donors (Lipinski definition) is 1. The molecule has 0 saturated heterocycles. The fourth-order valence-corrected chi connectivity index (χ4v) is 3.84. The topological polar surface area (TPSA) is 68.2 Å². The standard InChI is InChI=1S/C9H21NO5Si/c1-5-13-16(14-6-2,15-7-3)8-10(4)9(11)12/h5-8H2,1-4H3,(H,11,12). The van der Waals surface area contributed by atoms with E-state index >= 15 is 0 Å². The molecular weight excluding hydrogens is 230 g/mol. The van der Waals surface area contributed by atoms with Crippen molar-refractivity contribution in [3.63, 3.8) is 0 Å². The van der Waals surface area contributed by atoms with E-state index < -0.39 is 14.9 Å². The number of rotatable bonds is 8. The van der Waals surface area contributed by atoms with Crippen LogP contribution < -0.4 is 0 Å². The van der Waals surface area contributed by atoms with Crippen molar-refractivity contribution in [3.05, 3.63) is 0 Å². The van der Waals surface area contributed by atoms with Gasteiger partial charge in [-0.05, 0) is 20.8 Å². The number of hydrogen-bond acceptors (Lipinski definition) is 4. The zero-order valence-corrected chi connectivity index (χ0v) is 11.4. The minimum absolute atomic E-state index is 0.151. The van der Waals surface area contributed by atoms with Crippen molar-refractivity contribution in [2.45, 2.75) is 20.8 Å². The molecule has 16 heavy (non-hydrogen) atoms. The van der Waals surface area contributed by atoms with Gasteiger partial charge in [0, 0.05) is 26.9 Å². The first-order valence-corrected chi connectivity index (χ1v) is 7.30. The molecule has 7 heteroatoms. The van der Waals surface area contributed by atoms with Gasteiger partial charge in [-0.2, -0.15) is 0 Å². The number of amides is 1. The van der Waals surface area contributed by atoms with Crippen LogP contribution in [0, 0.1) is 0 Å². The normalized spacial score (nSPS) is 11.5. The van der Waals surface area contributed by atoms with Crippen LogP contribution in [0.15, 0.2) is 0 Å². The lowest BCUT2D eigenvalue weighted by molar-refractivity contribution is 0.0587. The van der Waals surface area contributed by atoms with Crippen LogP contribution in [0.2, 0.25) is 0 Å². The van der Waals surface area contributed by atoms with Gasteiger partial charge in [0.2, 0.25) is 0 Å². The molecule has 0 fully saturated rings. The highest BCUT2D eigenvalue weighted by Crippen LogP contribution is 2.11. The van der Waals surface area contributed by atoms with Gasteiger partial charge in [0.15, 0.2) is 0 Å². The van der Waals surface area contributed by atoms with Crippen LogP contribution in [-0.4, -0.2) is 57.9 Å². The Morgan fingerprint density at radius 2 is 1.50 bits per heavy atom. The first-order valence-electron chi connectivity index (χ1n) is 5.37. The molecule has 96 valence electrons. The van der Waals surface area contributed by atoms with Crippen LogP contribution in [0.3, 0.4) is 0 Å². The third kappa shape index (κ3) is 4.93. The average Bonchev–Trinajstić information content (AvgIpc) is 2.18. The molecule has 0 aromatic rings. The zero-order valence-electron chi connectivity index (χ0n) is 10.4. The SMILES string of the molecule is CCO[Si](CN(C)C(=O)O)(OCC)OCC. The second-order valence-corrected chi connectivity index (χ2v) is 5.67. The minimum Gasteiger partial charge on any atom is -0.465 e. The molecule has 0 aliphatic heterocycles. The fraction of sp³-hybridized carbons (Fsp3) is 0.889. The first kappa shape index (κ1) is 15.4. The fourth-order valence-electron chi connectivity index (χ4n) is 1.28. The van der Waals surface area contributed by atoms with Crippen molar-refractivity contribution in [2.24, 2.45) is 0 Å². The van der Waals surface area contributed by atoms with Crippen molar-refractivity contribution < 1.29 is 23.2 Å². The maximum Gasteiger partial charge on any atom is 0.521 e. The summed E-state index contributed by atoms with van der Waals surface area (Å²) in [4.78, 5) is 11.9. The van der Waals surface area contributed by atoms with Crippen LogP contribution in [0.1, 0.15) is 20.8 Å². The Morgan fingerprint density at radius 1 is 1.12 bits per heavy atom. The molecule has 0 unspecified atom stereocenters. The molecule has 0 radical (unpaired) electrons. The van der Waals surface area contributed by atoms with Gasteiger partial charge >= 0.3 is 14.9 Å². The van der Waals surface area contributed by atoms with E-state index in [-0.39, 0.29) is 6.17 Å². The van der Waals surface area contributed by atoms with E-state index in [2.05, 4.69) is 0 Å². The molecular formula is C9H21NO5Si. The number of carbonyl (C=O) groups is 1. The van der Waals surface area contributed by atoms with E-state index in [1.165, 1.54) is 7.05 Å². The predicted molar refractivity (Wildman–Crippen MR) is 61.3 cm³/mol. The second kappa shape index (κ2) is 7.61. The van der Waals surface area contributed by atoms with Gasteiger partial charge in [0.05, 0.1) is 6.17 Å². The summed E-state index contributed by atoms with van der Waals surface area (Å²) in [6.45, 7) is 6.83. The largest absolute Gasteiger partial charge is 0.521 e. The van der Waals surface area contributed by atoms with E-state index in [9.17, 15) is 4.79 Å². The zero-order chi connectivity index (χ0) is 12.6. The average molecular weight is 251 g/mol. The van der Waals surface area contributed by atoms with Crippen LogP contribution in [0.25, 0.3) is 0 Å². The summed E-state index contributed by atoms with van der Waals surface area (Å²) in [5.74, 6) is 0. The van der Waals surface area contributed by atoms with Gasteiger partial charge in [-0.25, -0.2) is 4.79 Å². The summed E-state index contributed by atoms with van der Waals surface area (Å²) in [5.41, 5.74) is 0. The lowest BCUT2D eigenvalue weighted by Crippen LogP contribution is -2.55. The number of carboxylic acid groups (broad SMARTS) is 1. The highest BCUT2D eigenvalue weighted by molar-refractivity contribution is 6.61. The Morgan fingerprint density at radius 3 is 1.75 bits per heavy atom. The third-order valence-corrected chi connectivity index (χ3v) is 4.90. The maximum absolute atomic E-state index is 10.8. The summed E-state index contributed by atoms with van der Waals surface area (Å²) in [5, 5.41) is 8.83. The van der Waals surface area contributed by atoms with Crippen LogP contribution >= 0.6 is 0 Å². The molecule has 1 N–H and O–H groups in total. The van der Waals surface area contributed by atoms with Gasteiger partial charge in [-0.1, -0.05) is 0 Å². The molecule has 0 heterocycles. The third-order valence-electron chi connectivity index (χ3n) is 1.85. The molecule has 0 atom stereocenters. The molecule has 0 aliphatic rings. The highest BCUT2D eigenvalue weighted by atomic mass is 28.4. The van der Waals surface area contributed by atoms with E-state index in [0.717, 1.165) is 4.90 Å². The molecule has 0 aromatic heterocycles. The molecule has 6 nitrogen and oxygen atoms in total. The van der Waals surface area contributed by atoms with E-state index in [0.29, 0.717) is 19.8 Å². The van der Waals surface area contributed by atoms with Gasteiger partial charge in [0.25, 0.3) is 0 Å². The second-order valence-electron chi connectivity index (χ2n) is 3.12. The smallest absolute Gasteiger partial charge is 0.465 e. The molecule has 0 aromatic carbocycles. The minimum atomic E-state index is -2.88. The Labute approximate surface area is 97.5 Å². The molecule has 0 rings (SSSR count). The van der Waals surface area contributed by atoms with Gasteiger partial charge in [0.1, 0.15) is 0 Å². The molecule has 0 bridgehead atoms. The summed E-state index contributed by atoms with van der Waals surface area (Å²) in [7, 11) is -1.40. The predicted octanol–water partition coefficient (Wildman–Crippen LogP) is 1.18. The van der Waals surface area contributed by atoms with E-state index in [1.54, 1.807) is 0 Å². The number of nitrogens with zero attached hydrogens (tertiary/aromatic N) is 1. The van der Waals surface area contributed by atoms with Crippen molar-refractivity contribution in [2.75, 3.05) is 33.0 Å². The van der Waals surface area contributed by atoms with Gasteiger partial charge in [-0.15, -0.1) is 0 Å².